The van der Waals surface area contributed by atoms with Crippen molar-refractivity contribution < 1.29 is 17.9 Å². The summed E-state index contributed by atoms with van der Waals surface area (Å²) in [6.45, 7) is 0.459. The number of aryl methyl sites for hydroxylation is 1. The Bertz CT molecular complexity index is 335. The lowest BCUT2D eigenvalue weighted by molar-refractivity contribution is -0.137. The van der Waals surface area contributed by atoms with Crippen LogP contribution in [-0.4, -0.2) is 19.8 Å². The predicted molar refractivity (Wildman–Crippen MR) is 59.6 cm³/mol. The number of nitrogens with two attached hydrogens (primary N) is 1. The second kappa shape index (κ2) is 6.02. The van der Waals surface area contributed by atoms with E-state index in [1.807, 2.05) is 0 Å². The smallest absolute Gasteiger partial charge is 0.383 e. The van der Waals surface area contributed by atoms with Gasteiger partial charge in [0.25, 0.3) is 0 Å². The molecule has 1 aromatic rings. The van der Waals surface area contributed by atoms with Crippen LogP contribution in [0.1, 0.15) is 17.5 Å². The fourth-order valence-corrected chi connectivity index (χ4v) is 1.51. The van der Waals surface area contributed by atoms with Crippen molar-refractivity contribution >= 4 is 0 Å². The molecule has 0 aliphatic carbocycles. The third kappa shape index (κ3) is 4.75. The van der Waals surface area contributed by atoms with E-state index in [9.17, 15) is 13.2 Å². The first kappa shape index (κ1) is 14.0. The lowest BCUT2D eigenvalue weighted by atomic mass is 10.0. The van der Waals surface area contributed by atoms with Crippen LogP contribution in [0.2, 0.25) is 0 Å². The molecule has 0 heterocycles. The minimum absolute atomic E-state index is 0.0812. The van der Waals surface area contributed by atoms with Crippen LogP contribution in [-0.2, 0) is 17.3 Å². The van der Waals surface area contributed by atoms with E-state index in [4.69, 9.17) is 10.5 Å². The van der Waals surface area contributed by atoms with E-state index in [2.05, 4.69) is 0 Å². The number of methoxy groups -OCH3 is 1. The molecule has 0 amide bonds. The van der Waals surface area contributed by atoms with Gasteiger partial charge in [0, 0.05) is 13.2 Å². The van der Waals surface area contributed by atoms with Gasteiger partial charge in [0.05, 0.1) is 12.2 Å². The van der Waals surface area contributed by atoms with Gasteiger partial charge in [0.15, 0.2) is 0 Å². The van der Waals surface area contributed by atoms with Crippen LogP contribution in [0.15, 0.2) is 24.3 Å². The van der Waals surface area contributed by atoms with E-state index < -0.39 is 11.7 Å². The van der Waals surface area contributed by atoms with Crippen molar-refractivity contribution in [2.45, 2.75) is 25.1 Å². The van der Waals surface area contributed by atoms with Crippen molar-refractivity contribution in [2.75, 3.05) is 13.7 Å². The Kier molecular flexibility index (Phi) is 4.96. The summed E-state index contributed by atoms with van der Waals surface area (Å²) >= 11 is 0. The third-order valence-electron chi connectivity index (χ3n) is 2.47. The van der Waals surface area contributed by atoms with Crippen molar-refractivity contribution in [3.05, 3.63) is 35.4 Å². The molecule has 0 radical (unpaired) electrons. The van der Waals surface area contributed by atoms with E-state index >= 15 is 0 Å². The van der Waals surface area contributed by atoms with Crippen LogP contribution in [0.5, 0.6) is 0 Å². The van der Waals surface area contributed by atoms with E-state index in [1.54, 1.807) is 7.11 Å². The maximum atomic E-state index is 12.3. The Morgan fingerprint density at radius 2 is 1.82 bits per heavy atom. The maximum absolute atomic E-state index is 12.3. The SMILES string of the molecule is COCC(N)CCc1ccc(C(F)(F)F)cc1. The van der Waals surface area contributed by atoms with Gasteiger partial charge in [-0.3, -0.25) is 0 Å². The molecule has 17 heavy (non-hydrogen) atoms. The molecule has 0 aliphatic rings. The lowest BCUT2D eigenvalue weighted by Crippen LogP contribution is -2.26. The molecule has 1 rings (SSSR count). The summed E-state index contributed by atoms with van der Waals surface area (Å²) in [4.78, 5) is 0. The van der Waals surface area contributed by atoms with Gasteiger partial charge in [-0.1, -0.05) is 12.1 Å². The summed E-state index contributed by atoms with van der Waals surface area (Å²) in [5, 5.41) is 0. The number of hydrogen-bond donors (Lipinski definition) is 1. The normalized spacial score (nSPS) is 13.7. The quantitative estimate of drug-likeness (QED) is 0.868. The molecule has 1 atom stereocenters. The summed E-state index contributed by atoms with van der Waals surface area (Å²) in [6, 6.07) is 5.08. The zero-order valence-electron chi connectivity index (χ0n) is 9.63. The second-order valence-electron chi connectivity index (χ2n) is 3.95. The summed E-state index contributed by atoms with van der Waals surface area (Å²) < 4.78 is 41.8. The van der Waals surface area contributed by atoms with Gasteiger partial charge in [-0.25, -0.2) is 0 Å². The van der Waals surface area contributed by atoms with Gasteiger partial charge < -0.3 is 10.5 Å². The average Bonchev–Trinajstić information content (AvgIpc) is 2.26. The summed E-state index contributed by atoms with van der Waals surface area (Å²) in [5.74, 6) is 0. The Hall–Kier alpha value is -1.07. The molecule has 0 spiro atoms. The zero-order chi connectivity index (χ0) is 12.9. The van der Waals surface area contributed by atoms with Crippen molar-refractivity contribution in [3.8, 4) is 0 Å². The van der Waals surface area contributed by atoms with Crippen LogP contribution in [0.4, 0.5) is 13.2 Å². The molecule has 1 aromatic carbocycles. The number of halogens is 3. The number of rotatable bonds is 5. The molecule has 0 aliphatic heterocycles. The highest BCUT2D eigenvalue weighted by Gasteiger charge is 2.29. The van der Waals surface area contributed by atoms with E-state index in [0.29, 0.717) is 19.4 Å². The maximum Gasteiger partial charge on any atom is 0.416 e. The minimum Gasteiger partial charge on any atom is -0.383 e. The van der Waals surface area contributed by atoms with Crippen molar-refractivity contribution in [1.82, 2.24) is 0 Å². The molecule has 5 heteroatoms. The Balaban J connectivity index is 2.51. The first-order valence-electron chi connectivity index (χ1n) is 5.34. The topological polar surface area (TPSA) is 35.2 Å². The molecule has 0 saturated heterocycles. The van der Waals surface area contributed by atoms with Crippen LogP contribution in [0.25, 0.3) is 0 Å². The van der Waals surface area contributed by atoms with E-state index in [1.165, 1.54) is 12.1 Å². The first-order valence-corrected chi connectivity index (χ1v) is 5.34. The van der Waals surface area contributed by atoms with Crippen LogP contribution in [0, 0.1) is 0 Å². The van der Waals surface area contributed by atoms with Crippen LogP contribution >= 0.6 is 0 Å². The molecule has 0 bridgehead atoms. The molecule has 2 nitrogen and oxygen atoms in total. The van der Waals surface area contributed by atoms with Crippen molar-refractivity contribution in [3.63, 3.8) is 0 Å². The largest absolute Gasteiger partial charge is 0.416 e. The minimum atomic E-state index is -4.27. The van der Waals surface area contributed by atoms with E-state index in [0.717, 1.165) is 17.7 Å². The second-order valence-corrected chi connectivity index (χ2v) is 3.95. The Morgan fingerprint density at radius 3 is 2.29 bits per heavy atom. The highest BCUT2D eigenvalue weighted by atomic mass is 19.4. The molecule has 0 fully saturated rings. The number of benzene rings is 1. The highest BCUT2D eigenvalue weighted by Crippen LogP contribution is 2.29. The highest BCUT2D eigenvalue weighted by molar-refractivity contribution is 5.24. The summed E-state index contributed by atoms with van der Waals surface area (Å²) in [7, 11) is 1.57. The molecular formula is C12H16F3NO. The van der Waals surface area contributed by atoms with Gasteiger partial charge in [-0.15, -0.1) is 0 Å². The molecule has 1 unspecified atom stereocenters. The summed E-state index contributed by atoms with van der Waals surface area (Å²) in [6.07, 6.45) is -2.92. The first-order chi connectivity index (χ1) is 7.93. The fraction of sp³-hybridized carbons (Fsp3) is 0.500. The predicted octanol–water partition coefficient (Wildman–Crippen LogP) is 2.61. The number of alkyl halides is 3. The lowest BCUT2D eigenvalue weighted by Gasteiger charge is -2.11. The molecule has 0 aromatic heterocycles. The third-order valence-corrected chi connectivity index (χ3v) is 2.47. The van der Waals surface area contributed by atoms with Crippen molar-refractivity contribution in [2.24, 2.45) is 5.73 Å². The van der Waals surface area contributed by atoms with Gasteiger partial charge in [0.2, 0.25) is 0 Å². The number of hydrogen-bond acceptors (Lipinski definition) is 2. The molecule has 0 saturated carbocycles. The van der Waals surface area contributed by atoms with Crippen molar-refractivity contribution in [1.29, 1.82) is 0 Å². The molecular weight excluding hydrogens is 231 g/mol. The van der Waals surface area contributed by atoms with Gasteiger partial charge in [-0.2, -0.15) is 13.2 Å². The number of ether oxygens (including phenoxy) is 1. The standard InChI is InChI=1S/C12H16F3NO/c1-17-8-11(16)7-4-9-2-5-10(6-3-9)12(13,14)15/h2-3,5-6,11H,4,7-8,16H2,1H3. The Labute approximate surface area is 98.6 Å². The molecule has 2 N–H and O–H groups in total. The fourth-order valence-electron chi connectivity index (χ4n) is 1.51. The van der Waals surface area contributed by atoms with Gasteiger partial charge in [0.1, 0.15) is 0 Å². The summed E-state index contributed by atoms with van der Waals surface area (Å²) in [5.41, 5.74) is 5.95. The van der Waals surface area contributed by atoms with Gasteiger partial charge >= 0.3 is 6.18 Å². The monoisotopic (exact) mass is 247 g/mol. The zero-order valence-corrected chi connectivity index (χ0v) is 9.63. The van der Waals surface area contributed by atoms with Crippen LogP contribution in [0.3, 0.4) is 0 Å². The van der Waals surface area contributed by atoms with Crippen LogP contribution < -0.4 is 5.73 Å². The Morgan fingerprint density at radius 1 is 1.24 bits per heavy atom. The molecule has 96 valence electrons. The van der Waals surface area contributed by atoms with E-state index in [-0.39, 0.29) is 6.04 Å². The van der Waals surface area contributed by atoms with Gasteiger partial charge in [-0.05, 0) is 30.5 Å². The average molecular weight is 247 g/mol.